The Kier molecular flexibility index (Phi) is 3.00. The molecule has 1 saturated heterocycles. The molecule has 2 aliphatic rings. The predicted octanol–water partition coefficient (Wildman–Crippen LogP) is 4.30. The van der Waals surface area contributed by atoms with Crippen LogP contribution in [0.25, 0.3) is 0 Å². The Balaban J connectivity index is 1.93. The lowest BCUT2D eigenvalue weighted by Crippen LogP contribution is -2.35. The van der Waals surface area contributed by atoms with Crippen LogP contribution in [0.1, 0.15) is 34.9 Å². The first-order valence-electron chi connectivity index (χ1n) is 7.79. The lowest BCUT2D eigenvalue weighted by atomic mass is 9.76. The van der Waals surface area contributed by atoms with E-state index >= 15 is 0 Å². The maximum absolute atomic E-state index is 6.34. The maximum Gasteiger partial charge on any atom is 0.133 e. The molecule has 0 aliphatic carbocycles. The zero-order valence-corrected chi connectivity index (χ0v) is 12.7. The zero-order chi connectivity index (χ0) is 14.4. The number of hydrogen-bond acceptors (Lipinski definition) is 2. The Morgan fingerprint density at radius 1 is 1.00 bits per heavy atom. The van der Waals surface area contributed by atoms with Gasteiger partial charge in [-0.1, -0.05) is 36.4 Å². The molecule has 1 fully saturated rings. The van der Waals surface area contributed by atoms with E-state index in [9.17, 15) is 0 Å². The number of likely N-dealkylation sites (tertiary alicyclic amines) is 1. The average molecular weight is 279 g/mol. The normalized spacial score (nSPS) is 24.3. The third-order valence-electron chi connectivity index (χ3n) is 4.99. The summed E-state index contributed by atoms with van der Waals surface area (Å²) in [7, 11) is 2.23. The number of para-hydroxylation sites is 2. The fourth-order valence-electron chi connectivity index (χ4n) is 3.90. The van der Waals surface area contributed by atoms with Gasteiger partial charge in [-0.3, -0.25) is 0 Å². The fraction of sp³-hybridized carbons (Fsp3) is 0.368. The molecule has 0 spiro atoms. The van der Waals surface area contributed by atoms with E-state index in [2.05, 4.69) is 61.3 Å². The molecule has 0 saturated carbocycles. The smallest absolute Gasteiger partial charge is 0.133 e. The number of aryl methyl sites for hydroxylation is 1. The lowest BCUT2D eigenvalue weighted by molar-refractivity contribution is 0.228. The molecule has 2 aliphatic heterocycles. The fourth-order valence-corrected chi connectivity index (χ4v) is 3.90. The van der Waals surface area contributed by atoms with Gasteiger partial charge in [-0.25, -0.2) is 0 Å². The van der Waals surface area contributed by atoms with Crippen LogP contribution >= 0.6 is 0 Å². The average Bonchev–Trinajstić information content (AvgIpc) is 2.63. The molecule has 0 bridgehead atoms. The van der Waals surface area contributed by atoms with E-state index in [1.807, 2.05) is 0 Å². The molecule has 0 amide bonds. The van der Waals surface area contributed by atoms with Crippen LogP contribution in [-0.4, -0.2) is 25.0 Å². The molecule has 0 aromatic heterocycles. The number of fused-ring (bicyclic) bond motifs is 5. The Bertz CT molecular complexity index is 679. The quantitative estimate of drug-likeness (QED) is 0.712. The van der Waals surface area contributed by atoms with Gasteiger partial charge in [0, 0.05) is 18.0 Å². The van der Waals surface area contributed by atoms with Gasteiger partial charge in [-0.15, -0.1) is 0 Å². The van der Waals surface area contributed by atoms with E-state index in [4.69, 9.17) is 4.74 Å². The van der Waals surface area contributed by atoms with Crippen molar-refractivity contribution in [2.24, 2.45) is 0 Å². The first-order valence-corrected chi connectivity index (χ1v) is 7.79. The molecule has 0 unspecified atom stereocenters. The molecule has 2 aromatic carbocycles. The minimum absolute atomic E-state index is 0.530. The summed E-state index contributed by atoms with van der Waals surface area (Å²) in [6.45, 7) is 4.42. The van der Waals surface area contributed by atoms with Gasteiger partial charge in [0.25, 0.3) is 0 Å². The van der Waals surface area contributed by atoms with Gasteiger partial charge < -0.3 is 9.64 Å². The van der Waals surface area contributed by atoms with Gasteiger partial charge >= 0.3 is 0 Å². The van der Waals surface area contributed by atoms with Crippen molar-refractivity contribution in [3.05, 3.63) is 59.2 Å². The van der Waals surface area contributed by atoms with E-state index in [0.717, 1.165) is 24.6 Å². The number of benzene rings is 2. The summed E-state index contributed by atoms with van der Waals surface area (Å²) in [6, 6.07) is 15.1. The number of piperidine rings is 1. The molecular weight excluding hydrogens is 258 g/mol. The zero-order valence-electron chi connectivity index (χ0n) is 12.7. The summed E-state index contributed by atoms with van der Waals surface area (Å²) in [5.41, 5.74) is 3.99. The predicted molar refractivity (Wildman–Crippen MR) is 85.3 cm³/mol. The van der Waals surface area contributed by atoms with Crippen molar-refractivity contribution >= 4 is 0 Å². The molecule has 2 atom stereocenters. The molecule has 2 aromatic rings. The van der Waals surface area contributed by atoms with Gasteiger partial charge in [-0.2, -0.15) is 0 Å². The van der Waals surface area contributed by atoms with E-state index in [1.54, 1.807) is 0 Å². The first kappa shape index (κ1) is 12.9. The second-order valence-corrected chi connectivity index (χ2v) is 6.40. The number of hydrogen-bond donors (Lipinski definition) is 0. The minimum atomic E-state index is 0.530. The molecule has 2 heteroatoms. The van der Waals surface area contributed by atoms with Gasteiger partial charge in [0.2, 0.25) is 0 Å². The van der Waals surface area contributed by atoms with Crippen LogP contribution in [0.15, 0.2) is 42.5 Å². The van der Waals surface area contributed by atoms with Crippen molar-refractivity contribution in [3.8, 4) is 11.5 Å². The highest BCUT2D eigenvalue weighted by atomic mass is 16.5. The number of rotatable bonds is 0. The Morgan fingerprint density at radius 3 is 2.71 bits per heavy atom. The van der Waals surface area contributed by atoms with Crippen LogP contribution in [0.2, 0.25) is 0 Å². The molecular formula is C19H21NO. The Labute approximate surface area is 126 Å². The maximum atomic E-state index is 6.34. The van der Waals surface area contributed by atoms with Crippen LogP contribution in [0.3, 0.4) is 0 Å². The van der Waals surface area contributed by atoms with Gasteiger partial charge in [0.05, 0.1) is 0 Å². The van der Waals surface area contributed by atoms with Crippen molar-refractivity contribution < 1.29 is 4.74 Å². The number of likely N-dealkylation sites (N-methyl/N-ethyl adjacent to an activating group) is 1. The van der Waals surface area contributed by atoms with E-state index in [-0.39, 0.29) is 0 Å². The monoisotopic (exact) mass is 279 g/mol. The summed E-state index contributed by atoms with van der Waals surface area (Å²) in [5, 5.41) is 0. The standard InChI is InChI=1S/C19H21NO/c1-13-6-5-8-16-17-12-20(2)11-10-14(17)15-7-3-4-9-18(15)21-19(13)16/h3-9,14,17H,10-12H2,1-2H3/t14-,17-/m1/s1. The topological polar surface area (TPSA) is 12.5 Å². The summed E-state index contributed by atoms with van der Waals surface area (Å²) in [4.78, 5) is 2.45. The molecule has 0 N–H and O–H groups in total. The summed E-state index contributed by atoms with van der Waals surface area (Å²) < 4.78 is 6.34. The van der Waals surface area contributed by atoms with E-state index in [1.165, 1.54) is 23.1 Å². The van der Waals surface area contributed by atoms with Gasteiger partial charge in [-0.05, 0) is 50.0 Å². The Morgan fingerprint density at radius 2 is 1.81 bits per heavy atom. The second-order valence-electron chi connectivity index (χ2n) is 6.40. The molecule has 21 heavy (non-hydrogen) atoms. The molecule has 4 rings (SSSR count). The van der Waals surface area contributed by atoms with Crippen LogP contribution in [0.5, 0.6) is 11.5 Å². The number of nitrogens with zero attached hydrogens (tertiary/aromatic N) is 1. The van der Waals surface area contributed by atoms with Crippen LogP contribution in [0.4, 0.5) is 0 Å². The third-order valence-corrected chi connectivity index (χ3v) is 4.99. The van der Waals surface area contributed by atoms with Crippen molar-refractivity contribution in [2.75, 3.05) is 20.1 Å². The minimum Gasteiger partial charge on any atom is -0.456 e. The molecule has 2 heterocycles. The van der Waals surface area contributed by atoms with Crippen molar-refractivity contribution in [2.45, 2.75) is 25.2 Å². The SMILES string of the molecule is Cc1cccc2c1Oc1ccccc1[C@H]1CCN(C)C[C@@H]21. The summed E-state index contributed by atoms with van der Waals surface area (Å²) >= 11 is 0. The highest BCUT2D eigenvalue weighted by molar-refractivity contribution is 5.52. The molecule has 108 valence electrons. The summed E-state index contributed by atoms with van der Waals surface area (Å²) in [6.07, 6.45) is 1.20. The lowest BCUT2D eigenvalue weighted by Gasteiger charge is -2.36. The number of ether oxygens (including phenoxy) is 1. The van der Waals surface area contributed by atoms with Gasteiger partial charge in [0.15, 0.2) is 0 Å². The van der Waals surface area contributed by atoms with Gasteiger partial charge in [0.1, 0.15) is 11.5 Å². The third kappa shape index (κ3) is 2.06. The largest absolute Gasteiger partial charge is 0.456 e. The van der Waals surface area contributed by atoms with Crippen LogP contribution < -0.4 is 4.74 Å². The molecule has 2 nitrogen and oxygen atoms in total. The van der Waals surface area contributed by atoms with E-state index < -0.39 is 0 Å². The Hall–Kier alpha value is -1.80. The first-order chi connectivity index (χ1) is 10.2. The van der Waals surface area contributed by atoms with Crippen molar-refractivity contribution in [3.63, 3.8) is 0 Å². The van der Waals surface area contributed by atoms with Crippen LogP contribution in [0, 0.1) is 6.92 Å². The van der Waals surface area contributed by atoms with Crippen molar-refractivity contribution in [1.29, 1.82) is 0 Å². The molecule has 0 radical (unpaired) electrons. The van der Waals surface area contributed by atoms with Crippen molar-refractivity contribution in [1.82, 2.24) is 4.90 Å². The summed E-state index contributed by atoms with van der Waals surface area (Å²) in [5.74, 6) is 3.22. The highest BCUT2D eigenvalue weighted by Crippen LogP contribution is 2.50. The van der Waals surface area contributed by atoms with E-state index in [0.29, 0.717) is 11.8 Å². The van der Waals surface area contributed by atoms with Crippen LogP contribution in [-0.2, 0) is 0 Å². The second kappa shape index (κ2) is 4.88. The highest BCUT2D eigenvalue weighted by Gasteiger charge is 2.36.